The number of nitrogens with zero attached hydrogens (tertiary/aromatic N) is 3. The van der Waals surface area contributed by atoms with Gasteiger partial charge in [0.1, 0.15) is 0 Å². The van der Waals surface area contributed by atoms with Gasteiger partial charge in [0.2, 0.25) is 5.89 Å². The van der Waals surface area contributed by atoms with Crippen LogP contribution >= 0.6 is 0 Å². The van der Waals surface area contributed by atoms with Crippen LogP contribution in [0.25, 0.3) is 0 Å². The monoisotopic (exact) mass is 210 g/mol. The van der Waals surface area contributed by atoms with Gasteiger partial charge in [0.25, 0.3) is 0 Å². The van der Waals surface area contributed by atoms with E-state index in [1.807, 2.05) is 6.92 Å². The van der Waals surface area contributed by atoms with Crippen molar-refractivity contribution in [2.24, 2.45) is 5.73 Å². The molecule has 0 spiro atoms. The quantitative estimate of drug-likeness (QED) is 0.785. The predicted molar refractivity (Wildman–Crippen MR) is 56.4 cm³/mol. The Hall–Kier alpha value is -0.940. The number of likely N-dealkylation sites (tertiary alicyclic amines) is 1. The summed E-state index contributed by atoms with van der Waals surface area (Å²) in [6, 6.07) is -0.149. The number of nitrogens with two attached hydrogens (primary N) is 1. The van der Waals surface area contributed by atoms with Gasteiger partial charge in [-0.1, -0.05) is 5.16 Å². The van der Waals surface area contributed by atoms with Gasteiger partial charge < -0.3 is 15.2 Å². The molecule has 15 heavy (non-hydrogen) atoms. The Morgan fingerprint density at radius 3 is 3.00 bits per heavy atom. The lowest BCUT2D eigenvalue weighted by molar-refractivity contribution is 0.219. The van der Waals surface area contributed by atoms with Crippen molar-refractivity contribution < 1.29 is 4.52 Å². The van der Waals surface area contributed by atoms with Gasteiger partial charge in [-0.2, -0.15) is 4.98 Å². The highest BCUT2D eigenvalue weighted by molar-refractivity contribution is 4.98. The summed E-state index contributed by atoms with van der Waals surface area (Å²) in [6.07, 6.45) is 2.32. The minimum Gasteiger partial charge on any atom is -0.339 e. The number of rotatable bonds is 2. The molecule has 5 nitrogen and oxygen atoms in total. The van der Waals surface area contributed by atoms with E-state index in [0.29, 0.717) is 11.7 Å². The Kier molecular flexibility index (Phi) is 3.02. The summed E-state index contributed by atoms with van der Waals surface area (Å²) < 4.78 is 5.25. The average molecular weight is 210 g/mol. The Morgan fingerprint density at radius 1 is 1.60 bits per heavy atom. The lowest BCUT2D eigenvalue weighted by atomic mass is 9.98. The molecule has 2 N–H and O–H groups in total. The van der Waals surface area contributed by atoms with Gasteiger partial charge in [0, 0.05) is 6.54 Å². The summed E-state index contributed by atoms with van der Waals surface area (Å²) in [5.41, 5.74) is 5.69. The first-order chi connectivity index (χ1) is 7.16. The number of likely N-dealkylation sites (N-methyl/N-ethyl adjacent to an activating group) is 1. The highest BCUT2D eigenvalue weighted by Crippen LogP contribution is 2.25. The highest BCUT2D eigenvalue weighted by Gasteiger charge is 2.24. The molecule has 0 radical (unpaired) electrons. The van der Waals surface area contributed by atoms with E-state index in [4.69, 9.17) is 10.3 Å². The molecule has 1 fully saturated rings. The molecule has 1 aliphatic rings. The molecule has 2 rings (SSSR count). The minimum atomic E-state index is -0.149. The van der Waals surface area contributed by atoms with Crippen LogP contribution in [0.3, 0.4) is 0 Å². The van der Waals surface area contributed by atoms with E-state index >= 15 is 0 Å². The normalized spacial score (nSPS) is 25.4. The molecule has 1 saturated heterocycles. The number of hydrogen-bond acceptors (Lipinski definition) is 5. The molecule has 1 aromatic rings. The Labute approximate surface area is 89.6 Å². The first-order valence-corrected chi connectivity index (χ1v) is 5.44. The van der Waals surface area contributed by atoms with Crippen molar-refractivity contribution in [2.75, 3.05) is 20.1 Å². The first kappa shape index (κ1) is 10.6. The van der Waals surface area contributed by atoms with Crippen LogP contribution in [0.2, 0.25) is 0 Å². The summed E-state index contributed by atoms with van der Waals surface area (Å²) in [7, 11) is 2.12. The topological polar surface area (TPSA) is 68.2 Å². The van der Waals surface area contributed by atoms with Crippen molar-refractivity contribution >= 4 is 0 Å². The summed E-state index contributed by atoms with van der Waals surface area (Å²) in [4.78, 5) is 6.63. The highest BCUT2D eigenvalue weighted by atomic mass is 16.5. The fraction of sp³-hybridized carbons (Fsp3) is 0.800. The second-order valence-corrected chi connectivity index (χ2v) is 4.38. The van der Waals surface area contributed by atoms with Crippen LogP contribution in [0.15, 0.2) is 4.52 Å². The zero-order chi connectivity index (χ0) is 10.8. The van der Waals surface area contributed by atoms with Gasteiger partial charge >= 0.3 is 0 Å². The minimum absolute atomic E-state index is 0.149. The summed E-state index contributed by atoms with van der Waals surface area (Å²) in [5.74, 6) is 1.73. The first-order valence-electron chi connectivity index (χ1n) is 5.44. The Morgan fingerprint density at radius 2 is 2.40 bits per heavy atom. The lowest BCUT2D eigenvalue weighted by Crippen LogP contribution is -2.31. The summed E-state index contributed by atoms with van der Waals surface area (Å²) >= 11 is 0. The van der Waals surface area contributed by atoms with Crippen LogP contribution in [0, 0.1) is 0 Å². The molecule has 2 atom stereocenters. The van der Waals surface area contributed by atoms with E-state index in [1.165, 1.54) is 6.42 Å². The zero-order valence-electron chi connectivity index (χ0n) is 9.31. The fourth-order valence-electron chi connectivity index (χ4n) is 1.97. The summed E-state index contributed by atoms with van der Waals surface area (Å²) in [6.45, 7) is 4.02. The molecule has 84 valence electrons. The van der Waals surface area contributed by atoms with E-state index in [-0.39, 0.29) is 6.04 Å². The van der Waals surface area contributed by atoms with Crippen molar-refractivity contribution in [2.45, 2.75) is 31.7 Å². The van der Waals surface area contributed by atoms with E-state index in [1.54, 1.807) is 0 Å². The molecule has 0 aliphatic carbocycles. The fourth-order valence-corrected chi connectivity index (χ4v) is 1.97. The van der Waals surface area contributed by atoms with Crippen LogP contribution in [0.1, 0.15) is 43.4 Å². The number of piperidine rings is 1. The standard InChI is InChI=1S/C10H18N4O/c1-7(11)9-12-10(15-13-9)8-4-3-5-14(2)6-8/h7-8H,3-6,11H2,1-2H3. The van der Waals surface area contributed by atoms with Crippen LogP contribution in [-0.4, -0.2) is 35.2 Å². The van der Waals surface area contributed by atoms with Crippen LogP contribution in [0.4, 0.5) is 0 Å². The van der Waals surface area contributed by atoms with Crippen molar-refractivity contribution in [1.29, 1.82) is 0 Å². The van der Waals surface area contributed by atoms with Crippen molar-refractivity contribution in [1.82, 2.24) is 15.0 Å². The van der Waals surface area contributed by atoms with Gasteiger partial charge in [0.05, 0.1) is 12.0 Å². The molecule has 0 saturated carbocycles. The molecule has 0 bridgehead atoms. The molecule has 1 aliphatic heterocycles. The third-order valence-corrected chi connectivity index (χ3v) is 2.84. The molecule has 1 aromatic heterocycles. The van der Waals surface area contributed by atoms with Gasteiger partial charge in [-0.3, -0.25) is 0 Å². The molecule has 2 heterocycles. The molecule has 2 unspecified atom stereocenters. The van der Waals surface area contributed by atoms with Crippen LogP contribution < -0.4 is 5.73 Å². The molecule has 0 aromatic carbocycles. The zero-order valence-corrected chi connectivity index (χ0v) is 9.31. The van der Waals surface area contributed by atoms with Gasteiger partial charge in [-0.25, -0.2) is 0 Å². The van der Waals surface area contributed by atoms with Gasteiger partial charge in [-0.05, 0) is 33.4 Å². The molecule has 5 heteroatoms. The summed E-state index contributed by atoms with van der Waals surface area (Å²) in [5, 5.41) is 3.89. The van der Waals surface area contributed by atoms with Gasteiger partial charge in [-0.15, -0.1) is 0 Å². The maximum absolute atomic E-state index is 5.69. The van der Waals surface area contributed by atoms with E-state index in [2.05, 4.69) is 22.1 Å². The van der Waals surface area contributed by atoms with Gasteiger partial charge in [0.15, 0.2) is 5.82 Å². The van der Waals surface area contributed by atoms with Crippen molar-refractivity contribution in [3.8, 4) is 0 Å². The second-order valence-electron chi connectivity index (χ2n) is 4.38. The maximum atomic E-state index is 5.69. The van der Waals surface area contributed by atoms with Crippen LogP contribution in [-0.2, 0) is 0 Å². The molecular weight excluding hydrogens is 192 g/mol. The SMILES string of the molecule is CC(N)c1noc(C2CCCN(C)C2)n1. The second kappa shape index (κ2) is 4.28. The van der Waals surface area contributed by atoms with Crippen LogP contribution in [0.5, 0.6) is 0 Å². The Balaban J connectivity index is 2.08. The average Bonchev–Trinajstić information content (AvgIpc) is 2.66. The van der Waals surface area contributed by atoms with E-state index < -0.39 is 0 Å². The van der Waals surface area contributed by atoms with Crippen molar-refractivity contribution in [3.63, 3.8) is 0 Å². The molecule has 0 amide bonds. The maximum Gasteiger partial charge on any atom is 0.231 e. The predicted octanol–water partition coefficient (Wildman–Crippen LogP) is 0.899. The molecular formula is C10H18N4O. The third kappa shape index (κ3) is 2.35. The third-order valence-electron chi connectivity index (χ3n) is 2.84. The lowest BCUT2D eigenvalue weighted by Gasteiger charge is -2.27. The van der Waals surface area contributed by atoms with E-state index in [9.17, 15) is 0 Å². The number of hydrogen-bond donors (Lipinski definition) is 1. The largest absolute Gasteiger partial charge is 0.339 e. The van der Waals surface area contributed by atoms with E-state index in [0.717, 1.165) is 25.4 Å². The smallest absolute Gasteiger partial charge is 0.231 e. The number of aromatic nitrogens is 2. The Bertz CT molecular complexity index is 323. The van der Waals surface area contributed by atoms with Crippen molar-refractivity contribution in [3.05, 3.63) is 11.7 Å².